The zero-order valence-electron chi connectivity index (χ0n) is 18.6. The number of aryl methyl sites for hydroxylation is 1. The molecule has 172 valence electrons. The number of methoxy groups -OCH3 is 1. The number of nitrogens with one attached hydrogen (secondary N) is 1. The molecule has 0 unspecified atom stereocenters. The molecule has 1 N–H and O–H groups in total. The van der Waals surface area contributed by atoms with Crippen molar-refractivity contribution in [1.29, 1.82) is 0 Å². The van der Waals surface area contributed by atoms with Gasteiger partial charge in [0.1, 0.15) is 11.5 Å². The van der Waals surface area contributed by atoms with Crippen molar-refractivity contribution in [3.05, 3.63) is 88.8 Å². The van der Waals surface area contributed by atoms with Gasteiger partial charge in [-0.1, -0.05) is 60.4 Å². The summed E-state index contributed by atoms with van der Waals surface area (Å²) in [7, 11) is 1.55. The smallest absolute Gasteiger partial charge is 0.270 e. The van der Waals surface area contributed by atoms with Crippen LogP contribution in [0.5, 0.6) is 11.5 Å². The van der Waals surface area contributed by atoms with Crippen LogP contribution < -0.4 is 19.7 Å². The van der Waals surface area contributed by atoms with Crippen molar-refractivity contribution in [2.45, 2.75) is 6.92 Å². The number of hydrogen-bond acceptors (Lipinski definition) is 6. The summed E-state index contributed by atoms with van der Waals surface area (Å²) >= 11 is 6.71. The molecule has 0 saturated carbocycles. The van der Waals surface area contributed by atoms with Gasteiger partial charge in [-0.3, -0.25) is 14.5 Å². The third-order valence-electron chi connectivity index (χ3n) is 4.98. The van der Waals surface area contributed by atoms with Gasteiger partial charge in [-0.05, 0) is 60.5 Å². The third-order valence-corrected chi connectivity index (χ3v) is 6.28. The fourth-order valence-electron chi connectivity index (χ4n) is 3.35. The number of nitrogens with zero attached hydrogens (tertiary/aromatic N) is 1. The van der Waals surface area contributed by atoms with Gasteiger partial charge in [0.25, 0.3) is 11.8 Å². The molecule has 0 spiro atoms. The maximum Gasteiger partial charge on any atom is 0.270 e. The fourth-order valence-corrected chi connectivity index (χ4v) is 4.65. The number of carbonyl (C=O) groups excluding carboxylic acids is 2. The number of para-hydroxylation sites is 2. The van der Waals surface area contributed by atoms with Crippen LogP contribution in [0, 0.1) is 6.92 Å². The summed E-state index contributed by atoms with van der Waals surface area (Å²) in [6.45, 7) is 1.83. The van der Waals surface area contributed by atoms with Gasteiger partial charge in [0, 0.05) is 0 Å². The summed E-state index contributed by atoms with van der Waals surface area (Å²) in [6, 6.07) is 22.0. The maximum atomic E-state index is 12.9. The summed E-state index contributed by atoms with van der Waals surface area (Å²) in [5, 5.41) is 2.77. The molecule has 1 aliphatic rings. The van der Waals surface area contributed by atoms with Crippen LogP contribution >= 0.6 is 24.0 Å². The van der Waals surface area contributed by atoms with Gasteiger partial charge in [0.2, 0.25) is 0 Å². The molecule has 1 aliphatic heterocycles. The average molecular weight is 491 g/mol. The molecule has 2 amide bonds. The first-order valence-corrected chi connectivity index (χ1v) is 11.7. The Morgan fingerprint density at radius 3 is 2.59 bits per heavy atom. The van der Waals surface area contributed by atoms with Gasteiger partial charge in [-0.2, -0.15) is 0 Å². The summed E-state index contributed by atoms with van der Waals surface area (Å²) < 4.78 is 11.3. The first kappa shape index (κ1) is 23.5. The molecule has 34 heavy (non-hydrogen) atoms. The molecule has 3 aromatic rings. The number of benzene rings is 3. The van der Waals surface area contributed by atoms with Gasteiger partial charge < -0.3 is 14.8 Å². The summed E-state index contributed by atoms with van der Waals surface area (Å²) in [6.07, 6.45) is 1.80. The SMILES string of the molecule is COc1ccccc1NC(=O)COc1ccc(/C=C2/SC(=S)N(c3cccc(C)c3)C2=O)cc1. The van der Waals surface area contributed by atoms with Crippen LogP contribution in [-0.2, 0) is 9.59 Å². The van der Waals surface area contributed by atoms with E-state index >= 15 is 0 Å². The molecule has 1 heterocycles. The van der Waals surface area contributed by atoms with E-state index in [4.69, 9.17) is 21.7 Å². The Morgan fingerprint density at radius 1 is 1.09 bits per heavy atom. The minimum atomic E-state index is -0.298. The van der Waals surface area contributed by atoms with Gasteiger partial charge in [0.05, 0.1) is 23.4 Å². The van der Waals surface area contributed by atoms with Gasteiger partial charge in [-0.25, -0.2) is 0 Å². The Kier molecular flexibility index (Phi) is 7.30. The van der Waals surface area contributed by atoms with Gasteiger partial charge in [-0.15, -0.1) is 0 Å². The highest BCUT2D eigenvalue weighted by Crippen LogP contribution is 2.36. The highest BCUT2D eigenvalue weighted by molar-refractivity contribution is 8.27. The lowest BCUT2D eigenvalue weighted by molar-refractivity contribution is -0.118. The quantitative estimate of drug-likeness (QED) is 0.352. The van der Waals surface area contributed by atoms with Crippen molar-refractivity contribution in [2.75, 3.05) is 23.9 Å². The molecule has 4 rings (SSSR count). The van der Waals surface area contributed by atoms with Crippen LogP contribution in [0.4, 0.5) is 11.4 Å². The minimum absolute atomic E-state index is 0.145. The van der Waals surface area contributed by atoms with E-state index in [1.165, 1.54) is 11.8 Å². The van der Waals surface area contributed by atoms with E-state index in [1.807, 2.05) is 55.5 Å². The van der Waals surface area contributed by atoms with Crippen LogP contribution in [0.3, 0.4) is 0 Å². The molecule has 1 saturated heterocycles. The second kappa shape index (κ2) is 10.5. The molecule has 1 fully saturated rings. The van der Waals surface area contributed by atoms with E-state index in [2.05, 4.69) is 5.32 Å². The van der Waals surface area contributed by atoms with Crippen molar-refractivity contribution >= 4 is 57.6 Å². The number of carbonyl (C=O) groups is 2. The van der Waals surface area contributed by atoms with E-state index < -0.39 is 0 Å². The third kappa shape index (κ3) is 5.47. The number of anilines is 2. The molecule has 0 atom stereocenters. The number of amides is 2. The van der Waals surface area contributed by atoms with Crippen LogP contribution in [0.25, 0.3) is 6.08 Å². The lowest BCUT2D eigenvalue weighted by Gasteiger charge is -2.14. The largest absolute Gasteiger partial charge is 0.495 e. The van der Waals surface area contributed by atoms with Crippen molar-refractivity contribution in [3.63, 3.8) is 0 Å². The van der Waals surface area contributed by atoms with Crippen LogP contribution in [0.15, 0.2) is 77.7 Å². The Hall–Kier alpha value is -3.62. The van der Waals surface area contributed by atoms with E-state index in [-0.39, 0.29) is 18.4 Å². The van der Waals surface area contributed by atoms with E-state index in [0.29, 0.717) is 26.4 Å². The second-order valence-corrected chi connectivity index (χ2v) is 9.14. The molecular formula is C26H22N2O4S2. The van der Waals surface area contributed by atoms with Crippen LogP contribution in [0.1, 0.15) is 11.1 Å². The van der Waals surface area contributed by atoms with E-state index in [0.717, 1.165) is 16.8 Å². The normalized spacial score (nSPS) is 14.4. The molecule has 8 heteroatoms. The minimum Gasteiger partial charge on any atom is -0.495 e. The Bertz CT molecular complexity index is 1270. The lowest BCUT2D eigenvalue weighted by Crippen LogP contribution is -2.27. The number of thioether (sulfide) groups is 1. The predicted molar refractivity (Wildman–Crippen MR) is 140 cm³/mol. The van der Waals surface area contributed by atoms with Crippen LogP contribution in [-0.4, -0.2) is 29.9 Å². The number of ether oxygens (including phenoxy) is 2. The molecular weight excluding hydrogens is 468 g/mol. The van der Waals surface area contributed by atoms with Crippen molar-refractivity contribution < 1.29 is 19.1 Å². The number of rotatable bonds is 7. The highest BCUT2D eigenvalue weighted by Gasteiger charge is 2.33. The monoisotopic (exact) mass is 490 g/mol. The summed E-state index contributed by atoms with van der Waals surface area (Å²) in [5.74, 6) is 0.676. The lowest BCUT2D eigenvalue weighted by atomic mass is 10.2. The molecule has 0 bridgehead atoms. The number of thiocarbonyl (C=S) groups is 1. The fraction of sp³-hybridized carbons (Fsp3) is 0.115. The summed E-state index contributed by atoms with van der Waals surface area (Å²) in [4.78, 5) is 27.3. The van der Waals surface area contributed by atoms with Crippen molar-refractivity contribution in [3.8, 4) is 11.5 Å². The summed E-state index contributed by atoms with van der Waals surface area (Å²) in [5.41, 5.74) is 3.23. The van der Waals surface area contributed by atoms with E-state index in [1.54, 1.807) is 42.4 Å². The average Bonchev–Trinajstić information content (AvgIpc) is 3.11. The highest BCUT2D eigenvalue weighted by atomic mass is 32.2. The Balaban J connectivity index is 1.37. The molecule has 0 aromatic heterocycles. The van der Waals surface area contributed by atoms with Crippen molar-refractivity contribution in [2.24, 2.45) is 0 Å². The van der Waals surface area contributed by atoms with Crippen LogP contribution in [0.2, 0.25) is 0 Å². The van der Waals surface area contributed by atoms with Crippen molar-refractivity contribution in [1.82, 2.24) is 0 Å². The molecule has 0 aliphatic carbocycles. The Morgan fingerprint density at radius 2 is 1.85 bits per heavy atom. The standard InChI is InChI=1S/C26H22N2O4S2/c1-17-6-5-7-19(14-17)28-25(30)23(34-26(28)33)15-18-10-12-20(13-11-18)32-16-24(29)27-21-8-3-4-9-22(21)31-2/h3-15H,16H2,1-2H3,(H,27,29)/b23-15+. The molecule has 0 radical (unpaired) electrons. The number of hydrogen-bond donors (Lipinski definition) is 1. The maximum absolute atomic E-state index is 12.9. The van der Waals surface area contributed by atoms with E-state index in [9.17, 15) is 9.59 Å². The molecule has 3 aromatic carbocycles. The van der Waals surface area contributed by atoms with Gasteiger partial charge >= 0.3 is 0 Å². The first-order chi connectivity index (χ1) is 16.4. The van der Waals surface area contributed by atoms with Gasteiger partial charge in [0.15, 0.2) is 10.9 Å². The Labute approximate surface area is 207 Å². The second-order valence-electron chi connectivity index (χ2n) is 7.46. The zero-order chi connectivity index (χ0) is 24.1. The topological polar surface area (TPSA) is 67.9 Å². The first-order valence-electron chi connectivity index (χ1n) is 10.4. The molecule has 6 nitrogen and oxygen atoms in total. The predicted octanol–water partition coefficient (Wildman–Crippen LogP) is 5.43. The zero-order valence-corrected chi connectivity index (χ0v) is 20.2.